The fraction of sp³-hybridized carbons (Fsp3) is 0.533. The molecular formula is C15H25Cl2N3O2. The van der Waals surface area contributed by atoms with Gasteiger partial charge in [-0.2, -0.15) is 0 Å². The van der Waals surface area contributed by atoms with Gasteiger partial charge < -0.3 is 15.8 Å². The lowest BCUT2D eigenvalue weighted by Crippen LogP contribution is -2.35. The second kappa shape index (κ2) is 11.7. The number of nitrogens with two attached hydrogens (primary N) is 1. The number of hydrogen-bond acceptors (Lipinski definition) is 4. The van der Waals surface area contributed by atoms with Crippen molar-refractivity contribution in [1.82, 2.24) is 10.2 Å². The largest absolute Gasteiger partial charge is 0.379 e. The van der Waals surface area contributed by atoms with E-state index in [1.54, 1.807) is 0 Å². The van der Waals surface area contributed by atoms with Gasteiger partial charge in [0.2, 0.25) is 5.91 Å². The topological polar surface area (TPSA) is 67.6 Å². The number of halogens is 2. The summed E-state index contributed by atoms with van der Waals surface area (Å²) in [6.07, 6.45) is 0.384. The molecule has 1 fully saturated rings. The molecule has 0 atom stereocenters. The van der Waals surface area contributed by atoms with Crippen LogP contribution in [0.2, 0.25) is 0 Å². The summed E-state index contributed by atoms with van der Waals surface area (Å²) >= 11 is 0. The van der Waals surface area contributed by atoms with Gasteiger partial charge in [0.1, 0.15) is 0 Å². The molecule has 1 aromatic carbocycles. The predicted octanol–water partition coefficient (Wildman–Crippen LogP) is 1.33. The molecule has 1 amide bonds. The molecule has 22 heavy (non-hydrogen) atoms. The standard InChI is InChI=1S/C15H23N3O2.2ClH/c16-6-5-15(19)17-11-13-1-3-14(4-2-13)12-18-7-9-20-10-8-18;;/h1-4H,5-12,16H2,(H,17,19);2*1H. The zero-order valence-corrected chi connectivity index (χ0v) is 14.3. The number of nitrogens with one attached hydrogen (secondary N) is 1. The maximum absolute atomic E-state index is 11.3. The van der Waals surface area contributed by atoms with Crippen LogP contribution in [0.5, 0.6) is 0 Å². The van der Waals surface area contributed by atoms with Gasteiger partial charge in [0.25, 0.3) is 0 Å². The minimum absolute atomic E-state index is 0. The normalized spacial score (nSPS) is 14.6. The van der Waals surface area contributed by atoms with Gasteiger partial charge in [-0.3, -0.25) is 9.69 Å². The third-order valence-corrected chi connectivity index (χ3v) is 3.39. The van der Waals surface area contributed by atoms with Crippen LogP contribution in [0, 0.1) is 0 Å². The van der Waals surface area contributed by atoms with E-state index in [9.17, 15) is 4.79 Å². The maximum Gasteiger partial charge on any atom is 0.221 e. The van der Waals surface area contributed by atoms with E-state index in [0.29, 0.717) is 19.5 Å². The second-order valence-electron chi connectivity index (χ2n) is 5.02. The number of carbonyl (C=O) groups is 1. The lowest BCUT2D eigenvalue weighted by atomic mass is 10.1. The van der Waals surface area contributed by atoms with E-state index < -0.39 is 0 Å². The molecule has 5 nitrogen and oxygen atoms in total. The van der Waals surface area contributed by atoms with E-state index >= 15 is 0 Å². The van der Waals surface area contributed by atoms with E-state index in [1.165, 1.54) is 5.56 Å². The Morgan fingerprint density at radius 3 is 2.32 bits per heavy atom. The predicted molar refractivity (Wildman–Crippen MR) is 92.6 cm³/mol. The van der Waals surface area contributed by atoms with Gasteiger partial charge in [-0.05, 0) is 11.1 Å². The van der Waals surface area contributed by atoms with E-state index in [4.69, 9.17) is 10.5 Å². The summed E-state index contributed by atoms with van der Waals surface area (Å²) in [6, 6.07) is 8.39. The Labute approximate surface area is 144 Å². The zero-order chi connectivity index (χ0) is 14.2. The Balaban J connectivity index is 0.00000220. The van der Waals surface area contributed by atoms with Crippen LogP contribution in [0.1, 0.15) is 17.5 Å². The molecule has 0 bridgehead atoms. The summed E-state index contributed by atoms with van der Waals surface area (Å²) in [5.74, 6) is 0.00453. The molecule has 3 N–H and O–H groups in total. The molecule has 2 rings (SSSR count). The lowest BCUT2D eigenvalue weighted by Gasteiger charge is -2.26. The van der Waals surface area contributed by atoms with Gasteiger partial charge in [0.05, 0.1) is 13.2 Å². The molecule has 0 saturated carbocycles. The van der Waals surface area contributed by atoms with Crippen molar-refractivity contribution in [2.45, 2.75) is 19.5 Å². The van der Waals surface area contributed by atoms with E-state index in [0.717, 1.165) is 38.4 Å². The smallest absolute Gasteiger partial charge is 0.221 e. The third-order valence-electron chi connectivity index (χ3n) is 3.39. The van der Waals surface area contributed by atoms with Crippen molar-refractivity contribution in [3.63, 3.8) is 0 Å². The van der Waals surface area contributed by atoms with Crippen molar-refractivity contribution in [2.24, 2.45) is 5.73 Å². The molecule has 1 heterocycles. The number of rotatable bonds is 6. The first-order valence-electron chi connectivity index (χ1n) is 7.12. The summed E-state index contributed by atoms with van der Waals surface area (Å²) < 4.78 is 5.34. The third kappa shape index (κ3) is 7.42. The molecule has 0 radical (unpaired) electrons. The Morgan fingerprint density at radius 1 is 1.14 bits per heavy atom. The van der Waals surface area contributed by atoms with Gasteiger partial charge >= 0.3 is 0 Å². The number of nitrogens with zero attached hydrogens (tertiary/aromatic N) is 1. The minimum atomic E-state index is 0. The number of carbonyl (C=O) groups excluding carboxylic acids is 1. The van der Waals surface area contributed by atoms with Crippen molar-refractivity contribution in [1.29, 1.82) is 0 Å². The second-order valence-corrected chi connectivity index (χ2v) is 5.02. The van der Waals surface area contributed by atoms with Gasteiger partial charge in [0, 0.05) is 39.1 Å². The van der Waals surface area contributed by atoms with Crippen molar-refractivity contribution in [2.75, 3.05) is 32.8 Å². The molecule has 1 saturated heterocycles. The lowest BCUT2D eigenvalue weighted by molar-refractivity contribution is -0.121. The van der Waals surface area contributed by atoms with E-state index in [-0.39, 0.29) is 30.7 Å². The zero-order valence-electron chi connectivity index (χ0n) is 12.6. The van der Waals surface area contributed by atoms with Crippen LogP contribution in [0.3, 0.4) is 0 Å². The number of benzene rings is 1. The molecule has 126 valence electrons. The fourth-order valence-electron chi connectivity index (χ4n) is 2.20. The average Bonchev–Trinajstić information content (AvgIpc) is 2.48. The van der Waals surface area contributed by atoms with Crippen LogP contribution < -0.4 is 11.1 Å². The number of morpholine rings is 1. The van der Waals surface area contributed by atoms with Crippen molar-refractivity contribution >= 4 is 30.7 Å². The highest BCUT2D eigenvalue weighted by Crippen LogP contribution is 2.09. The molecule has 0 spiro atoms. The summed E-state index contributed by atoms with van der Waals surface area (Å²) in [5, 5.41) is 2.85. The molecule has 0 unspecified atom stereocenters. The highest BCUT2D eigenvalue weighted by molar-refractivity contribution is 5.85. The Morgan fingerprint density at radius 2 is 1.73 bits per heavy atom. The van der Waals surface area contributed by atoms with Crippen molar-refractivity contribution in [3.8, 4) is 0 Å². The molecule has 7 heteroatoms. The van der Waals surface area contributed by atoms with Crippen LogP contribution in [0.15, 0.2) is 24.3 Å². The molecule has 1 aliphatic rings. The van der Waals surface area contributed by atoms with Crippen LogP contribution in [-0.2, 0) is 22.6 Å². The van der Waals surface area contributed by atoms with Crippen LogP contribution in [-0.4, -0.2) is 43.7 Å². The molecule has 1 aliphatic heterocycles. The first-order chi connectivity index (χ1) is 9.78. The van der Waals surface area contributed by atoms with E-state index in [2.05, 4.69) is 34.5 Å². The first-order valence-corrected chi connectivity index (χ1v) is 7.12. The average molecular weight is 350 g/mol. The number of ether oxygens (including phenoxy) is 1. The number of hydrogen-bond donors (Lipinski definition) is 2. The van der Waals surface area contributed by atoms with E-state index in [1.807, 2.05) is 0 Å². The van der Waals surface area contributed by atoms with Crippen LogP contribution in [0.4, 0.5) is 0 Å². The van der Waals surface area contributed by atoms with Gasteiger partial charge in [-0.25, -0.2) is 0 Å². The monoisotopic (exact) mass is 349 g/mol. The maximum atomic E-state index is 11.3. The van der Waals surface area contributed by atoms with Gasteiger partial charge in [0.15, 0.2) is 0 Å². The molecule has 0 aliphatic carbocycles. The highest BCUT2D eigenvalue weighted by Gasteiger charge is 2.10. The Kier molecular flexibility index (Phi) is 11.2. The SMILES string of the molecule is Cl.Cl.NCCC(=O)NCc1ccc(CN2CCOCC2)cc1. The molecule has 1 aromatic rings. The Bertz CT molecular complexity index is 423. The fourth-order valence-corrected chi connectivity index (χ4v) is 2.20. The number of amides is 1. The highest BCUT2D eigenvalue weighted by atomic mass is 35.5. The van der Waals surface area contributed by atoms with Crippen LogP contribution in [0.25, 0.3) is 0 Å². The summed E-state index contributed by atoms with van der Waals surface area (Å²) in [6.45, 7) is 5.56. The van der Waals surface area contributed by atoms with Gasteiger partial charge in [-0.15, -0.1) is 24.8 Å². The summed E-state index contributed by atoms with van der Waals surface area (Å²) in [5.41, 5.74) is 7.74. The molecular weight excluding hydrogens is 325 g/mol. The Hall–Kier alpha value is -0.850. The first kappa shape index (κ1) is 21.1. The minimum Gasteiger partial charge on any atom is -0.379 e. The van der Waals surface area contributed by atoms with Gasteiger partial charge in [-0.1, -0.05) is 24.3 Å². The van der Waals surface area contributed by atoms with Crippen molar-refractivity contribution < 1.29 is 9.53 Å². The quantitative estimate of drug-likeness (QED) is 0.812. The summed E-state index contributed by atoms with van der Waals surface area (Å²) in [4.78, 5) is 13.7. The molecule has 0 aromatic heterocycles. The van der Waals surface area contributed by atoms with Crippen molar-refractivity contribution in [3.05, 3.63) is 35.4 Å². The van der Waals surface area contributed by atoms with Crippen LogP contribution >= 0.6 is 24.8 Å². The summed E-state index contributed by atoms with van der Waals surface area (Å²) in [7, 11) is 0.